The first kappa shape index (κ1) is 24.1. The molecule has 4 N–H and O–H groups in total. The van der Waals surface area contributed by atoms with E-state index in [9.17, 15) is 29.2 Å². The molecule has 6 nitrogen and oxygen atoms in total. The van der Waals surface area contributed by atoms with Gasteiger partial charge in [-0.3, -0.25) is 4.90 Å². The van der Waals surface area contributed by atoms with Gasteiger partial charge in [0, 0.05) is 25.9 Å². The van der Waals surface area contributed by atoms with Gasteiger partial charge in [-0.2, -0.15) is 0 Å². The Morgan fingerprint density at radius 3 is 2.07 bits per heavy atom. The number of ether oxygens (including phenoxy) is 1. The van der Waals surface area contributed by atoms with Gasteiger partial charge in [0.25, 0.3) is 0 Å². The van der Waals surface area contributed by atoms with Crippen LogP contribution < -0.4 is 0 Å². The van der Waals surface area contributed by atoms with Crippen molar-refractivity contribution in [3.05, 3.63) is 35.4 Å². The van der Waals surface area contributed by atoms with Crippen LogP contribution in [0.4, 0.5) is 8.78 Å². The maximum atomic E-state index is 14.1. The van der Waals surface area contributed by atoms with Crippen LogP contribution in [0.1, 0.15) is 37.3 Å². The van der Waals surface area contributed by atoms with Gasteiger partial charge in [-0.05, 0) is 30.5 Å². The van der Waals surface area contributed by atoms with Crippen LogP contribution in [0.25, 0.3) is 0 Å². The first-order chi connectivity index (χ1) is 13.7. The molecule has 0 bridgehead atoms. The summed E-state index contributed by atoms with van der Waals surface area (Å²) in [5, 5.41) is 39.0. The number of hydrogen-bond acceptors (Lipinski definition) is 6. The van der Waals surface area contributed by atoms with Crippen LogP contribution in [0, 0.1) is 0 Å². The van der Waals surface area contributed by atoms with Gasteiger partial charge in [0.15, 0.2) is 0 Å². The SMILES string of the molecule is CCc1ccc(COCCC(F)(F)CCCN2C[C@H](O)[C@@H](O)[C@H](O)[C@@H](O)C2)cc1. The lowest BCUT2D eigenvalue weighted by atomic mass is 10.1. The van der Waals surface area contributed by atoms with Gasteiger partial charge in [0.1, 0.15) is 12.2 Å². The van der Waals surface area contributed by atoms with E-state index in [1.54, 1.807) is 4.90 Å². The van der Waals surface area contributed by atoms with E-state index in [0.29, 0.717) is 6.61 Å². The van der Waals surface area contributed by atoms with Crippen molar-refractivity contribution < 1.29 is 33.9 Å². The number of alkyl halides is 2. The summed E-state index contributed by atoms with van der Waals surface area (Å²) in [5.41, 5.74) is 2.17. The zero-order chi connectivity index (χ0) is 21.4. The minimum atomic E-state index is -2.87. The fraction of sp³-hybridized carbons (Fsp3) is 0.714. The zero-order valence-corrected chi connectivity index (χ0v) is 16.9. The van der Waals surface area contributed by atoms with E-state index in [2.05, 4.69) is 6.92 Å². The molecule has 29 heavy (non-hydrogen) atoms. The summed E-state index contributed by atoms with van der Waals surface area (Å²) < 4.78 is 33.5. The number of likely N-dealkylation sites (tertiary alicyclic amines) is 1. The van der Waals surface area contributed by atoms with Crippen LogP contribution >= 0.6 is 0 Å². The maximum absolute atomic E-state index is 14.1. The molecule has 1 aliphatic heterocycles. The van der Waals surface area contributed by atoms with Gasteiger partial charge in [0.05, 0.1) is 25.4 Å². The fourth-order valence-corrected chi connectivity index (χ4v) is 3.43. The largest absolute Gasteiger partial charge is 0.389 e. The van der Waals surface area contributed by atoms with Gasteiger partial charge in [-0.25, -0.2) is 8.78 Å². The second-order valence-corrected chi connectivity index (χ2v) is 7.81. The molecule has 1 heterocycles. The summed E-state index contributed by atoms with van der Waals surface area (Å²) in [6.45, 7) is 2.59. The molecular weight excluding hydrogens is 384 g/mol. The molecule has 0 aliphatic carbocycles. The quantitative estimate of drug-likeness (QED) is 0.429. The van der Waals surface area contributed by atoms with Gasteiger partial charge in [-0.1, -0.05) is 31.2 Å². The van der Waals surface area contributed by atoms with Crippen LogP contribution in [-0.2, 0) is 17.8 Å². The van der Waals surface area contributed by atoms with Crippen molar-refractivity contribution in [3.8, 4) is 0 Å². The number of β-amino-alcohol motifs (C(OH)–C–C–N with tert-alkyl or cyclic N) is 2. The van der Waals surface area contributed by atoms with Gasteiger partial charge in [-0.15, -0.1) is 0 Å². The number of aliphatic hydroxyl groups is 4. The van der Waals surface area contributed by atoms with E-state index in [1.807, 2.05) is 24.3 Å². The van der Waals surface area contributed by atoms with Crippen LogP contribution in [0.2, 0.25) is 0 Å². The summed E-state index contributed by atoms with van der Waals surface area (Å²) in [5.74, 6) is -2.87. The molecule has 0 unspecified atom stereocenters. The van der Waals surface area contributed by atoms with Gasteiger partial charge >= 0.3 is 0 Å². The number of aryl methyl sites for hydroxylation is 1. The van der Waals surface area contributed by atoms with E-state index in [1.165, 1.54) is 5.56 Å². The third-order valence-electron chi connectivity index (χ3n) is 5.36. The highest BCUT2D eigenvalue weighted by Crippen LogP contribution is 2.25. The summed E-state index contributed by atoms with van der Waals surface area (Å²) in [6, 6.07) is 7.88. The minimum Gasteiger partial charge on any atom is -0.389 e. The highest BCUT2D eigenvalue weighted by Gasteiger charge is 2.36. The number of benzene rings is 1. The van der Waals surface area contributed by atoms with Crippen LogP contribution in [0.5, 0.6) is 0 Å². The third-order valence-corrected chi connectivity index (χ3v) is 5.36. The molecule has 4 atom stereocenters. The van der Waals surface area contributed by atoms with Gasteiger partial charge < -0.3 is 25.2 Å². The first-order valence-electron chi connectivity index (χ1n) is 10.2. The molecule has 0 amide bonds. The number of rotatable bonds is 10. The molecule has 0 saturated carbocycles. The topological polar surface area (TPSA) is 93.4 Å². The van der Waals surface area contributed by atoms with E-state index in [4.69, 9.17) is 4.74 Å². The van der Waals surface area contributed by atoms with E-state index >= 15 is 0 Å². The zero-order valence-electron chi connectivity index (χ0n) is 16.9. The Morgan fingerprint density at radius 1 is 0.966 bits per heavy atom. The Kier molecular flexibility index (Phi) is 9.39. The van der Waals surface area contributed by atoms with E-state index in [-0.39, 0.29) is 45.5 Å². The van der Waals surface area contributed by atoms with Crippen molar-refractivity contribution in [2.45, 2.75) is 69.6 Å². The third kappa shape index (κ3) is 7.88. The Morgan fingerprint density at radius 2 is 1.52 bits per heavy atom. The molecule has 1 aromatic rings. The summed E-state index contributed by atoms with van der Waals surface area (Å²) in [6.07, 6.45) is -4.97. The normalized spacial score (nSPS) is 26.4. The number of hydrogen-bond donors (Lipinski definition) is 4. The molecule has 1 aromatic carbocycles. The van der Waals surface area contributed by atoms with E-state index in [0.717, 1.165) is 12.0 Å². The van der Waals surface area contributed by atoms with Crippen LogP contribution in [0.3, 0.4) is 0 Å². The average Bonchev–Trinajstić information content (AvgIpc) is 2.78. The molecular formula is C21H33F2NO5. The lowest BCUT2D eigenvalue weighted by Gasteiger charge is -2.24. The Balaban J connectivity index is 1.67. The number of aliphatic hydroxyl groups excluding tert-OH is 4. The van der Waals surface area contributed by atoms with Crippen molar-refractivity contribution in [2.75, 3.05) is 26.2 Å². The smallest absolute Gasteiger partial charge is 0.250 e. The van der Waals surface area contributed by atoms with Crippen molar-refractivity contribution in [1.82, 2.24) is 4.90 Å². The minimum absolute atomic E-state index is 0.0147. The number of halogens is 2. The Hall–Kier alpha value is -1.16. The maximum Gasteiger partial charge on any atom is 0.250 e. The van der Waals surface area contributed by atoms with Crippen LogP contribution in [-0.4, -0.2) is 81.9 Å². The second kappa shape index (κ2) is 11.3. The fourth-order valence-electron chi connectivity index (χ4n) is 3.43. The monoisotopic (exact) mass is 417 g/mol. The summed E-state index contributed by atoms with van der Waals surface area (Å²) in [4.78, 5) is 1.58. The lowest BCUT2D eigenvalue weighted by molar-refractivity contribution is -0.0894. The predicted molar refractivity (Wildman–Crippen MR) is 105 cm³/mol. The molecule has 1 saturated heterocycles. The van der Waals surface area contributed by atoms with Crippen molar-refractivity contribution in [1.29, 1.82) is 0 Å². The van der Waals surface area contributed by atoms with Crippen molar-refractivity contribution >= 4 is 0 Å². The first-order valence-corrected chi connectivity index (χ1v) is 10.2. The molecule has 0 spiro atoms. The molecule has 2 rings (SSSR count). The Bertz CT molecular complexity index is 585. The van der Waals surface area contributed by atoms with E-state index < -0.39 is 30.3 Å². The Labute approximate surface area is 170 Å². The molecule has 8 heteroatoms. The van der Waals surface area contributed by atoms with Crippen LogP contribution in [0.15, 0.2) is 24.3 Å². The molecule has 0 aromatic heterocycles. The van der Waals surface area contributed by atoms with Crippen molar-refractivity contribution in [3.63, 3.8) is 0 Å². The second-order valence-electron chi connectivity index (χ2n) is 7.81. The molecule has 1 aliphatic rings. The molecule has 166 valence electrons. The molecule has 1 fully saturated rings. The average molecular weight is 417 g/mol. The van der Waals surface area contributed by atoms with Crippen molar-refractivity contribution in [2.24, 2.45) is 0 Å². The van der Waals surface area contributed by atoms with Gasteiger partial charge in [0.2, 0.25) is 5.92 Å². The predicted octanol–water partition coefficient (Wildman–Crippen LogP) is 1.33. The molecule has 0 radical (unpaired) electrons. The highest BCUT2D eigenvalue weighted by atomic mass is 19.3. The lowest BCUT2D eigenvalue weighted by Crippen LogP contribution is -2.43. The standard InChI is InChI=1S/C21H33F2NO5/c1-2-15-4-6-16(7-5-15)14-29-11-9-21(22,23)8-3-10-24-12-17(25)19(27)20(28)18(26)13-24/h4-7,17-20,25-28H,2-3,8-14H2,1H3/t17-,18-,19+,20+/m0/s1. The highest BCUT2D eigenvalue weighted by molar-refractivity contribution is 5.21. The number of nitrogens with zero attached hydrogens (tertiary/aromatic N) is 1. The summed E-state index contributed by atoms with van der Waals surface area (Å²) in [7, 11) is 0. The summed E-state index contributed by atoms with van der Waals surface area (Å²) >= 11 is 0.